The Morgan fingerprint density at radius 2 is 1.02 bits per heavy atom. The Kier molecular flexibility index (Phi) is 18.2. The van der Waals surface area contributed by atoms with Gasteiger partial charge >= 0.3 is 0 Å². The van der Waals surface area contributed by atoms with Gasteiger partial charge in [0.2, 0.25) is 0 Å². The molecule has 0 rings (SSSR count). The van der Waals surface area contributed by atoms with Crippen LogP contribution in [-0.4, -0.2) is 159 Å². The molecule has 0 spiro atoms. The Balaban J connectivity index is -0.000000541. The molecule has 40 heavy (non-hydrogen) atoms. The normalized spacial score (nSPS) is 15.6. The number of likely N-dealkylation sites (N-methyl/N-ethyl adjacent to an activating group) is 3. The number of hydrogen-bond donors (Lipinski definition) is 3. The van der Waals surface area contributed by atoms with E-state index in [0.717, 1.165) is 6.92 Å². The van der Waals surface area contributed by atoms with E-state index in [1.807, 2.05) is 42.3 Å². The molecule has 0 aliphatic rings. The third-order valence-electron chi connectivity index (χ3n) is 5.23. The average molecular weight is 582 g/mol. The number of nitrogens with zero attached hydrogens (tertiary/aromatic N) is 3. The average Bonchev–Trinajstić information content (AvgIpc) is 2.62. The number of aliphatic hydroxyl groups excluding tert-OH is 2. The number of carboxylic acids is 3. The highest BCUT2D eigenvalue weighted by Gasteiger charge is 2.52. The molecule has 0 aliphatic carbocycles. The van der Waals surface area contributed by atoms with Crippen molar-refractivity contribution in [2.24, 2.45) is 0 Å². The van der Waals surface area contributed by atoms with Crippen molar-refractivity contribution < 1.29 is 68.1 Å². The van der Waals surface area contributed by atoms with Gasteiger partial charge in [0.05, 0.1) is 63.4 Å². The van der Waals surface area contributed by atoms with Crippen molar-refractivity contribution in [3.63, 3.8) is 0 Å². The highest BCUT2D eigenvalue weighted by Crippen LogP contribution is 2.25. The highest BCUT2D eigenvalue weighted by molar-refractivity contribution is 5.97. The lowest BCUT2D eigenvalue weighted by Gasteiger charge is -2.42. The summed E-state index contributed by atoms with van der Waals surface area (Å²) in [6.07, 6.45) is -2.94. The van der Waals surface area contributed by atoms with Gasteiger partial charge in [-0.25, -0.2) is 0 Å². The van der Waals surface area contributed by atoms with E-state index in [1.165, 1.54) is 0 Å². The summed E-state index contributed by atoms with van der Waals surface area (Å²) >= 11 is 0. The lowest BCUT2D eigenvalue weighted by Crippen LogP contribution is -2.66. The number of Topliss-reactive ketones (excluding diaryl/α,β-unsaturated/α-hetero) is 2. The van der Waals surface area contributed by atoms with Crippen molar-refractivity contribution in [2.75, 3.05) is 76.5 Å². The molecule has 0 aromatic carbocycles. The summed E-state index contributed by atoms with van der Waals surface area (Å²) < 4.78 is 1.07. The molecule has 0 aromatic heterocycles. The fourth-order valence-electron chi connectivity index (χ4n) is 3.94. The van der Waals surface area contributed by atoms with Crippen molar-refractivity contribution in [1.82, 2.24) is 0 Å². The van der Waals surface area contributed by atoms with Gasteiger partial charge in [0.1, 0.15) is 25.3 Å². The van der Waals surface area contributed by atoms with Crippen LogP contribution in [0.1, 0.15) is 39.5 Å². The molecular formula is C26H51N3O11. The first kappa shape index (κ1) is 42.0. The van der Waals surface area contributed by atoms with Crippen molar-refractivity contribution in [1.29, 1.82) is 0 Å². The lowest BCUT2D eigenvalue weighted by atomic mass is 9.82. The lowest BCUT2D eigenvalue weighted by molar-refractivity contribution is -0.892. The second kappa shape index (κ2) is 17.4. The molecule has 1 unspecified atom stereocenters. The Hall–Kier alpha value is -2.49. The number of rotatable bonds is 15. The fraction of sp³-hybridized carbons (Fsp3) is 0.808. The molecule has 0 saturated heterocycles. The zero-order valence-corrected chi connectivity index (χ0v) is 25.9. The number of hydrogen-bond acceptors (Lipinski definition) is 11. The van der Waals surface area contributed by atoms with Crippen molar-refractivity contribution >= 4 is 29.5 Å². The quantitative estimate of drug-likeness (QED) is 0.155. The molecule has 0 saturated carbocycles. The summed E-state index contributed by atoms with van der Waals surface area (Å²) in [5.74, 6) is -5.07. The first-order valence-electron chi connectivity index (χ1n) is 12.7. The van der Waals surface area contributed by atoms with Gasteiger partial charge in [-0.15, -0.1) is 0 Å². The Morgan fingerprint density at radius 3 is 1.20 bits per heavy atom. The number of aliphatic carboxylic acids is 3. The molecule has 236 valence electrons. The smallest absolute Gasteiger partial charge is 0.193 e. The van der Waals surface area contributed by atoms with Gasteiger partial charge in [-0.05, 0) is 6.92 Å². The number of carbonyl (C=O) groups excluding carboxylic acids is 5. The Labute approximate surface area is 237 Å². The van der Waals surface area contributed by atoms with Gasteiger partial charge in [-0.3, -0.25) is 9.59 Å². The van der Waals surface area contributed by atoms with Gasteiger partial charge in [0, 0.05) is 43.6 Å². The van der Waals surface area contributed by atoms with Gasteiger partial charge in [0.15, 0.2) is 23.2 Å². The number of quaternary nitrogens is 3. The fourth-order valence-corrected chi connectivity index (χ4v) is 3.94. The van der Waals surface area contributed by atoms with E-state index in [9.17, 15) is 44.4 Å². The first-order chi connectivity index (χ1) is 17.6. The molecule has 0 fully saturated rings. The third kappa shape index (κ3) is 21.3. The monoisotopic (exact) mass is 581 g/mol. The summed E-state index contributed by atoms with van der Waals surface area (Å²) in [5.41, 5.74) is -2.23. The van der Waals surface area contributed by atoms with Gasteiger partial charge in [-0.2, -0.15) is 0 Å². The maximum atomic E-state index is 12.0. The van der Waals surface area contributed by atoms with Crippen LogP contribution < -0.4 is 15.3 Å². The van der Waals surface area contributed by atoms with E-state index in [4.69, 9.17) is 10.2 Å². The van der Waals surface area contributed by atoms with Crippen LogP contribution in [0.5, 0.6) is 0 Å². The van der Waals surface area contributed by atoms with Crippen LogP contribution in [0.3, 0.4) is 0 Å². The second-order valence-electron chi connectivity index (χ2n) is 12.8. The molecule has 0 aromatic rings. The minimum absolute atomic E-state index is 0.0317. The number of aliphatic hydroxyl groups is 3. The highest BCUT2D eigenvalue weighted by atomic mass is 16.4. The van der Waals surface area contributed by atoms with Crippen LogP contribution in [0.25, 0.3) is 0 Å². The molecule has 3 N–H and O–H groups in total. The molecule has 14 heteroatoms. The van der Waals surface area contributed by atoms with Crippen LogP contribution in [0.15, 0.2) is 0 Å². The molecule has 0 amide bonds. The summed E-state index contributed by atoms with van der Waals surface area (Å²) in [7, 11) is 16.2. The van der Waals surface area contributed by atoms with Gasteiger partial charge < -0.3 is 58.5 Å². The SMILES string of the molecule is CCC(=O)C([C@](O)(CC(=O)[O-])C(C)=O)[N+](C)(C)C.C[N+](C)(C)C[C@H](O)CC(=O)[O-].C[N+](C)(C)C[C@H](O)CC(=O)[O-]. The van der Waals surface area contributed by atoms with E-state index >= 15 is 0 Å². The Morgan fingerprint density at radius 1 is 0.700 bits per heavy atom. The summed E-state index contributed by atoms with van der Waals surface area (Å²) in [6, 6.07) is -1.13. The maximum absolute atomic E-state index is 12.0. The molecule has 0 bridgehead atoms. The third-order valence-corrected chi connectivity index (χ3v) is 5.23. The zero-order chi connectivity index (χ0) is 32.9. The standard InChI is InChI=1S/C12H21NO5.2C7H15NO3/c1-6-9(15)11(13(3,4)5)12(18,8(2)14)7-10(16)17;2*1-8(2,3)5-6(9)4-7(10)11/h11,18H,6-7H2,1-5H3;2*6,9H,4-5H2,1-3H3/t11?,12-;2*6-/m011/s1. The second-order valence-corrected chi connectivity index (χ2v) is 12.8. The molecule has 0 radical (unpaired) electrons. The minimum atomic E-state index is -2.23. The number of carboxylic acid groups (broad SMARTS) is 3. The molecule has 14 nitrogen and oxygen atoms in total. The van der Waals surface area contributed by atoms with Crippen LogP contribution >= 0.6 is 0 Å². The van der Waals surface area contributed by atoms with E-state index in [0.29, 0.717) is 22.1 Å². The largest absolute Gasteiger partial charge is 0.550 e. The zero-order valence-electron chi connectivity index (χ0n) is 25.9. The summed E-state index contributed by atoms with van der Waals surface area (Å²) in [6.45, 7) is 3.53. The van der Waals surface area contributed by atoms with Crippen LogP contribution in [0.4, 0.5) is 0 Å². The topological polar surface area (TPSA) is 215 Å². The maximum Gasteiger partial charge on any atom is 0.193 e. The van der Waals surface area contributed by atoms with Crippen LogP contribution in [-0.2, 0) is 24.0 Å². The first-order valence-corrected chi connectivity index (χ1v) is 12.7. The van der Waals surface area contributed by atoms with Crippen molar-refractivity contribution in [2.45, 2.75) is 63.4 Å². The van der Waals surface area contributed by atoms with E-state index in [1.54, 1.807) is 28.1 Å². The van der Waals surface area contributed by atoms with E-state index in [2.05, 4.69) is 0 Å². The van der Waals surface area contributed by atoms with Crippen molar-refractivity contribution in [3.8, 4) is 0 Å². The minimum Gasteiger partial charge on any atom is -0.550 e. The molecular weight excluding hydrogens is 530 g/mol. The predicted octanol–water partition coefficient (Wildman–Crippen LogP) is -5.11. The van der Waals surface area contributed by atoms with E-state index in [-0.39, 0.29) is 29.5 Å². The summed E-state index contributed by atoms with van der Waals surface area (Å²) in [5, 5.41) is 59.3. The number of carbonyl (C=O) groups is 5. The molecule has 4 atom stereocenters. The molecule has 0 heterocycles. The van der Waals surface area contributed by atoms with Crippen molar-refractivity contribution in [3.05, 3.63) is 0 Å². The Bertz CT molecular complexity index is 808. The molecule has 0 aliphatic heterocycles. The van der Waals surface area contributed by atoms with Gasteiger partial charge in [0.25, 0.3) is 0 Å². The van der Waals surface area contributed by atoms with Crippen LogP contribution in [0.2, 0.25) is 0 Å². The van der Waals surface area contributed by atoms with Crippen LogP contribution in [0, 0.1) is 0 Å². The van der Waals surface area contributed by atoms with E-state index < -0.39 is 54.0 Å². The predicted molar refractivity (Wildman–Crippen MR) is 139 cm³/mol. The summed E-state index contributed by atoms with van der Waals surface area (Å²) in [4.78, 5) is 54.3. The van der Waals surface area contributed by atoms with Gasteiger partial charge in [-0.1, -0.05) is 6.92 Å². The number of ketones is 2.